The molecule has 6 nitrogen and oxygen atoms in total. The average molecular weight is 220 g/mol. The molecule has 0 unspecified atom stereocenters. The van der Waals surface area contributed by atoms with Crippen molar-refractivity contribution in [2.75, 3.05) is 31.1 Å². The molecule has 1 aromatic heterocycles. The van der Waals surface area contributed by atoms with Crippen LogP contribution in [-0.2, 0) is 0 Å². The number of amides is 1. The van der Waals surface area contributed by atoms with Gasteiger partial charge in [0.1, 0.15) is 0 Å². The van der Waals surface area contributed by atoms with Gasteiger partial charge in [0.15, 0.2) is 5.82 Å². The van der Waals surface area contributed by atoms with Crippen LogP contribution in [0, 0.1) is 5.41 Å². The minimum absolute atomic E-state index is 0.176. The zero-order valence-corrected chi connectivity index (χ0v) is 8.70. The van der Waals surface area contributed by atoms with E-state index in [4.69, 9.17) is 5.11 Å². The summed E-state index contributed by atoms with van der Waals surface area (Å²) in [5, 5.41) is 16.6. The Bertz CT molecular complexity index is 408. The van der Waals surface area contributed by atoms with Crippen molar-refractivity contribution >= 4 is 11.9 Å². The van der Waals surface area contributed by atoms with Crippen molar-refractivity contribution in [3.8, 4) is 0 Å². The summed E-state index contributed by atoms with van der Waals surface area (Å²) in [4.78, 5) is 14.2. The van der Waals surface area contributed by atoms with Crippen LogP contribution in [0.2, 0.25) is 0 Å². The van der Waals surface area contributed by atoms with Gasteiger partial charge in [0.05, 0.1) is 0 Å². The third-order valence-corrected chi connectivity index (χ3v) is 3.26. The number of carboxylic acid groups (broad SMARTS) is 1. The molecule has 0 aliphatic carbocycles. The molecule has 2 aliphatic rings. The highest BCUT2D eigenvalue weighted by molar-refractivity contribution is 5.67. The summed E-state index contributed by atoms with van der Waals surface area (Å²) >= 11 is 0. The third-order valence-electron chi connectivity index (χ3n) is 3.26. The summed E-state index contributed by atoms with van der Waals surface area (Å²) in [5.74, 6) is 0.877. The topological polar surface area (TPSA) is 69.6 Å². The molecule has 3 rings (SSSR count). The first-order valence-electron chi connectivity index (χ1n) is 5.19. The molecular formula is C10H12N4O2. The zero-order valence-electron chi connectivity index (χ0n) is 8.70. The summed E-state index contributed by atoms with van der Waals surface area (Å²) < 4.78 is 0. The molecule has 0 saturated carbocycles. The lowest BCUT2D eigenvalue weighted by Gasteiger charge is -2.59. The van der Waals surface area contributed by atoms with Gasteiger partial charge < -0.3 is 14.9 Å². The maximum atomic E-state index is 10.7. The molecule has 3 heterocycles. The van der Waals surface area contributed by atoms with Crippen molar-refractivity contribution in [2.45, 2.75) is 0 Å². The van der Waals surface area contributed by atoms with E-state index in [1.807, 2.05) is 12.1 Å². The van der Waals surface area contributed by atoms with E-state index in [9.17, 15) is 4.79 Å². The lowest BCUT2D eigenvalue weighted by Crippen LogP contribution is -2.73. The molecule has 16 heavy (non-hydrogen) atoms. The van der Waals surface area contributed by atoms with Crippen LogP contribution in [0.5, 0.6) is 0 Å². The number of hydrogen-bond donors (Lipinski definition) is 1. The lowest BCUT2D eigenvalue weighted by atomic mass is 9.73. The fourth-order valence-corrected chi connectivity index (χ4v) is 2.49. The lowest BCUT2D eigenvalue weighted by molar-refractivity contribution is -0.00980. The normalized spacial score (nSPS) is 21.5. The van der Waals surface area contributed by atoms with Crippen LogP contribution >= 0.6 is 0 Å². The number of nitrogens with zero attached hydrogens (tertiary/aromatic N) is 4. The molecule has 6 heteroatoms. The number of anilines is 1. The monoisotopic (exact) mass is 220 g/mol. The van der Waals surface area contributed by atoms with Crippen LogP contribution in [-0.4, -0.2) is 52.5 Å². The molecular weight excluding hydrogens is 208 g/mol. The molecule has 1 spiro atoms. The first-order chi connectivity index (χ1) is 7.69. The second-order valence-electron chi connectivity index (χ2n) is 4.58. The Balaban J connectivity index is 1.59. The van der Waals surface area contributed by atoms with Gasteiger partial charge >= 0.3 is 6.09 Å². The molecule has 2 fully saturated rings. The minimum atomic E-state index is -0.816. The molecule has 2 saturated heterocycles. The Labute approximate surface area is 92.5 Å². The molecule has 2 aliphatic heterocycles. The summed E-state index contributed by atoms with van der Waals surface area (Å²) in [6, 6.07) is 3.78. The van der Waals surface area contributed by atoms with Gasteiger partial charge in [0.25, 0.3) is 0 Å². The zero-order chi connectivity index (χ0) is 11.2. The second-order valence-corrected chi connectivity index (χ2v) is 4.58. The third kappa shape index (κ3) is 1.30. The predicted molar refractivity (Wildman–Crippen MR) is 56.3 cm³/mol. The summed E-state index contributed by atoms with van der Waals surface area (Å²) in [7, 11) is 0. The number of carbonyl (C=O) groups is 1. The Morgan fingerprint density at radius 2 is 2.12 bits per heavy atom. The van der Waals surface area contributed by atoms with Gasteiger partial charge in [-0.2, -0.15) is 5.10 Å². The molecule has 84 valence electrons. The standard InChI is InChI=1S/C10H12N4O2/c15-9(16)14-6-10(7-14)4-13(5-10)8-2-1-3-11-12-8/h1-3H,4-7H2,(H,15,16). The van der Waals surface area contributed by atoms with E-state index in [0.717, 1.165) is 18.9 Å². The quantitative estimate of drug-likeness (QED) is 0.736. The Kier molecular flexibility index (Phi) is 1.80. The van der Waals surface area contributed by atoms with Crippen molar-refractivity contribution in [2.24, 2.45) is 5.41 Å². The highest BCUT2D eigenvalue weighted by Gasteiger charge is 2.53. The fraction of sp³-hybridized carbons (Fsp3) is 0.500. The molecule has 1 amide bonds. The van der Waals surface area contributed by atoms with Gasteiger partial charge in [0, 0.05) is 37.8 Å². The maximum Gasteiger partial charge on any atom is 0.407 e. The van der Waals surface area contributed by atoms with E-state index >= 15 is 0 Å². The number of hydrogen-bond acceptors (Lipinski definition) is 4. The maximum absolute atomic E-state index is 10.7. The SMILES string of the molecule is O=C(O)N1CC2(C1)CN(c1cccnn1)C2. The number of aromatic nitrogens is 2. The molecule has 0 radical (unpaired) electrons. The Morgan fingerprint density at radius 1 is 1.38 bits per heavy atom. The van der Waals surface area contributed by atoms with E-state index in [0.29, 0.717) is 13.1 Å². The van der Waals surface area contributed by atoms with Crippen LogP contribution < -0.4 is 4.90 Å². The van der Waals surface area contributed by atoms with E-state index in [2.05, 4.69) is 15.1 Å². The minimum Gasteiger partial charge on any atom is -0.465 e. The summed E-state index contributed by atoms with van der Waals surface area (Å²) in [6.07, 6.45) is 0.831. The molecule has 0 atom stereocenters. The van der Waals surface area contributed by atoms with Gasteiger partial charge in [0.2, 0.25) is 0 Å². The first kappa shape index (κ1) is 9.38. The van der Waals surface area contributed by atoms with E-state index in [1.165, 1.54) is 4.90 Å². The summed E-state index contributed by atoms with van der Waals surface area (Å²) in [6.45, 7) is 3.07. The average Bonchev–Trinajstić information content (AvgIpc) is 2.14. The smallest absolute Gasteiger partial charge is 0.407 e. The first-order valence-corrected chi connectivity index (χ1v) is 5.19. The second kappa shape index (κ2) is 3.07. The summed E-state index contributed by atoms with van der Waals surface area (Å²) in [5.41, 5.74) is 0.176. The Hall–Kier alpha value is -1.85. The van der Waals surface area contributed by atoms with Gasteiger partial charge in [-0.1, -0.05) is 0 Å². The predicted octanol–water partition coefficient (Wildman–Crippen LogP) is 0.277. The largest absolute Gasteiger partial charge is 0.465 e. The van der Waals surface area contributed by atoms with Crippen molar-refractivity contribution < 1.29 is 9.90 Å². The van der Waals surface area contributed by atoms with Crippen molar-refractivity contribution in [1.29, 1.82) is 0 Å². The van der Waals surface area contributed by atoms with Gasteiger partial charge in [-0.05, 0) is 12.1 Å². The Morgan fingerprint density at radius 3 is 2.69 bits per heavy atom. The molecule has 1 N–H and O–H groups in total. The van der Waals surface area contributed by atoms with Crippen LogP contribution in [0.25, 0.3) is 0 Å². The van der Waals surface area contributed by atoms with Crippen LogP contribution in [0.4, 0.5) is 10.6 Å². The molecule has 0 aromatic carbocycles. The highest BCUT2D eigenvalue weighted by atomic mass is 16.4. The van der Waals surface area contributed by atoms with E-state index in [-0.39, 0.29) is 5.41 Å². The number of likely N-dealkylation sites (tertiary alicyclic amines) is 1. The van der Waals surface area contributed by atoms with Crippen LogP contribution in [0.15, 0.2) is 18.3 Å². The molecule has 1 aromatic rings. The number of rotatable bonds is 1. The fourth-order valence-electron chi connectivity index (χ4n) is 2.49. The van der Waals surface area contributed by atoms with Crippen molar-refractivity contribution in [3.63, 3.8) is 0 Å². The van der Waals surface area contributed by atoms with Crippen LogP contribution in [0.1, 0.15) is 0 Å². The van der Waals surface area contributed by atoms with Gasteiger partial charge in [-0.3, -0.25) is 0 Å². The van der Waals surface area contributed by atoms with E-state index in [1.54, 1.807) is 6.20 Å². The van der Waals surface area contributed by atoms with Gasteiger partial charge in [-0.25, -0.2) is 4.79 Å². The van der Waals surface area contributed by atoms with Crippen LogP contribution in [0.3, 0.4) is 0 Å². The van der Waals surface area contributed by atoms with Crippen molar-refractivity contribution in [3.05, 3.63) is 18.3 Å². The van der Waals surface area contributed by atoms with E-state index < -0.39 is 6.09 Å². The van der Waals surface area contributed by atoms with Crippen molar-refractivity contribution in [1.82, 2.24) is 15.1 Å². The highest BCUT2D eigenvalue weighted by Crippen LogP contribution is 2.40. The molecule has 0 bridgehead atoms. The van der Waals surface area contributed by atoms with Gasteiger partial charge in [-0.15, -0.1) is 5.10 Å².